The highest BCUT2D eigenvalue weighted by Crippen LogP contribution is 2.28. The number of hydrogen-bond donors (Lipinski definition) is 0. The molecule has 9 heteroatoms. The molecule has 0 atom stereocenters. The fourth-order valence-corrected chi connectivity index (χ4v) is 2.91. The molecule has 0 saturated heterocycles. The number of nitrogens with zero attached hydrogens (tertiary/aromatic N) is 4. The molecule has 0 radical (unpaired) electrons. The van der Waals surface area contributed by atoms with Gasteiger partial charge in [-0.1, -0.05) is 36.5 Å². The predicted octanol–water partition coefficient (Wildman–Crippen LogP) is 3.10. The van der Waals surface area contributed by atoms with Crippen molar-refractivity contribution in [2.24, 2.45) is 12.0 Å². The molecule has 0 aliphatic rings. The summed E-state index contributed by atoms with van der Waals surface area (Å²) in [5.74, 6) is 0.977. The van der Waals surface area contributed by atoms with Gasteiger partial charge in [0.2, 0.25) is 4.80 Å². The summed E-state index contributed by atoms with van der Waals surface area (Å²) in [6.45, 7) is 4.18. The Labute approximate surface area is 174 Å². The van der Waals surface area contributed by atoms with E-state index in [9.17, 15) is 4.79 Å². The number of allylic oxidation sites excluding steroid dienone is 1. The van der Waals surface area contributed by atoms with Gasteiger partial charge in [0, 0.05) is 14.2 Å². The second-order valence-electron chi connectivity index (χ2n) is 5.56. The van der Waals surface area contributed by atoms with Crippen LogP contribution >= 0.6 is 11.3 Å². The maximum Gasteiger partial charge on any atom is 0.262 e. The van der Waals surface area contributed by atoms with Crippen molar-refractivity contribution >= 4 is 23.3 Å². The predicted molar refractivity (Wildman–Crippen MR) is 111 cm³/mol. The standard InChI is InChI=1S/C12H16O3.C8H10N4OS/c1-4-5-10-6-7-11(15-9-13-2)12(8-10)14-3;1-3-7-11-12(2)8(14-7)10-6(13)4-5-9/h4-8H,9H2,1-3H3;3-4H2,1-2H3. The first-order chi connectivity index (χ1) is 14.0. The summed E-state index contributed by atoms with van der Waals surface area (Å²) in [7, 11) is 4.93. The molecule has 0 spiro atoms. The third-order valence-corrected chi connectivity index (χ3v) is 4.52. The van der Waals surface area contributed by atoms with E-state index in [0.29, 0.717) is 16.3 Å². The van der Waals surface area contributed by atoms with Crippen molar-refractivity contribution in [1.82, 2.24) is 9.78 Å². The lowest BCUT2D eigenvalue weighted by Gasteiger charge is -2.10. The van der Waals surface area contributed by atoms with Gasteiger partial charge in [-0.15, -0.1) is 0 Å². The van der Waals surface area contributed by atoms with Crippen LogP contribution in [-0.2, 0) is 23.0 Å². The molecule has 0 aliphatic heterocycles. The Hall–Kier alpha value is -2.96. The van der Waals surface area contributed by atoms with Crippen LogP contribution < -0.4 is 14.3 Å². The van der Waals surface area contributed by atoms with E-state index in [0.717, 1.165) is 17.0 Å². The minimum Gasteiger partial charge on any atom is -0.493 e. The SMILES string of the molecule is CC=Cc1ccc(OCOC)c(OC)c1.CCc1nn(C)c(=NC(=O)CC#N)s1. The number of ether oxygens (including phenoxy) is 3. The minimum absolute atomic E-state index is 0.181. The van der Waals surface area contributed by atoms with E-state index < -0.39 is 5.91 Å². The first kappa shape index (κ1) is 24.1. The van der Waals surface area contributed by atoms with Gasteiger partial charge in [0.15, 0.2) is 18.3 Å². The van der Waals surface area contributed by atoms with E-state index >= 15 is 0 Å². The van der Waals surface area contributed by atoms with Crippen molar-refractivity contribution in [3.8, 4) is 17.6 Å². The summed E-state index contributed by atoms with van der Waals surface area (Å²) in [5, 5.41) is 13.4. The van der Waals surface area contributed by atoms with E-state index in [1.165, 1.54) is 11.3 Å². The second kappa shape index (κ2) is 13.3. The van der Waals surface area contributed by atoms with Gasteiger partial charge in [-0.25, -0.2) is 4.68 Å². The summed E-state index contributed by atoms with van der Waals surface area (Å²) in [4.78, 5) is 15.4. The number of aromatic nitrogens is 2. The smallest absolute Gasteiger partial charge is 0.262 e. The number of methoxy groups -OCH3 is 2. The van der Waals surface area contributed by atoms with Crippen LogP contribution in [0, 0.1) is 11.3 Å². The molecule has 1 aromatic carbocycles. The fourth-order valence-electron chi connectivity index (χ4n) is 2.08. The summed E-state index contributed by atoms with van der Waals surface area (Å²) in [6.07, 6.45) is 4.62. The Bertz CT molecular complexity index is 925. The molecule has 1 aromatic heterocycles. The molecule has 1 amide bonds. The van der Waals surface area contributed by atoms with Gasteiger partial charge in [-0.05, 0) is 31.0 Å². The number of nitriles is 1. The van der Waals surface area contributed by atoms with Crippen LogP contribution in [0.25, 0.3) is 6.08 Å². The molecule has 2 rings (SSSR count). The number of carbonyl (C=O) groups excluding carboxylic acids is 1. The lowest BCUT2D eigenvalue weighted by Crippen LogP contribution is -2.14. The van der Waals surface area contributed by atoms with E-state index in [4.69, 9.17) is 19.5 Å². The van der Waals surface area contributed by atoms with Gasteiger partial charge in [0.25, 0.3) is 5.91 Å². The maximum absolute atomic E-state index is 11.0. The highest BCUT2D eigenvalue weighted by atomic mass is 32.1. The van der Waals surface area contributed by atoms with E-state index in [1.54, 1.807) is 32.0 Å². The number of benzene rings is 1. The quantitative estimate of drug-likeness (QED) is 0.641. The minimum atomic E-state index is -0.422. The number of rotatable bonds is 7. The van der Waals surface area contributed by atoms with Crippen molar-refractivity contribution in [2.75, 3.05) is 21.0 Å². The number of hydrogen-bond acceptors (Lipinski definition) is 7. The van der Waals surface area contributed by atoms with Gasteiger partial charge in [-0.2, -0.15) is 15.4 Å². The summed E-state index contributed by atoms with van der Waals surface area (Å²) >= 11 is 1.37. The third kappa shape index (κ3) is 8.29. The zero-order valence-electron chi connectivity index (χ0n) is 17.3. The van der Waals surface area contributed by atoms with Crippen LogP contribution in [0.4, 0.5) is 0 Å². The average molecular weight is 419 g/mol. The lowest BCUT2D eigenvalue weighted by molar-refractivity contribution is -0.117. The lowest BCUT2D eigenvalue weighted by atomic mass is 10.2. The maximum atomic E-state index is 11.0. The van der Waals surface area contributed by atoms with Crippen LogP contribution in [0.2, 0.25) is 0 Å². The van der Waals surface area contributed by atoms with Crippen molar-refractivity contribution in [1.29, 1.82) is 5.26 Å². The Morgan fingerprint density at radius 3 is 2.69 bits per heavy atom. The molecule has 0 fully saturated rings. The monoisotopic (exact) mass is 418 g/mol. The first-order valence-electron chi connectivity index (χ1n) is 8.88. The summed E-state index contributed by atoms with van der Waals surface area (Å²) < 4.78 is 16.9. The molecule has 0 N–H and O–H groups in total. The van der Waals surface area contributed by atoms with Gasteiger partial charge in [-0.3, -0.25) is 4.79 Å². The Balaban J connectivity index is 0.000000291. The van der Waals surface area contributed by atoms with E-state index in [-0.39, 0.29) is 13.2 Å². The number of aryl methyl sites for hydroxylation is 2. The Kier molecular flexibility index (Phi) is 11.0. The zero-order chi connectivity index (χ0) is 21.6. The van der Waals surface area contributed by atoms with Crippen molar-refractivity contribution in [3.05, 3.63) is 39.6 Å². The molecular formula is C20H26N4O4S. The highest BCUT2D eigenvalue weighted by Gasteiger charge is 2.04. The first-order valence-corrected chi connectivity index (χ1v) is 9.70. The summed E-state index contributed by atoms with van der Waals surface area (Å²) in [5.41, 5.74) is 1.08. The molecular weight excluding hydrogens is 392 g/mol. The Morgan fingerprint density at radius 1 is 1.38 bits per heavy atom. The molecule has 0 saturated carbocycles. The third-order valence-electron chi connectivity index (χ3n) is 3.38. The van der Waals surface area contributed by atoms with Gasteiger partial charge in [0.1, 0.15) is 11.4 Å². The second-order valence-corrected chi connectivity index (χ2v) is 6.60. The van der Waals surface area contributed by atoms with E-state index in [2.05, 4.69) is 10.1 Å². The largest absolute Gasteiger partial charge is 0.493 e. The molecule has 0 unspecified atom stereocenters. The molecule has 29 heavy (non-hydrogen) atoms. The van der Waals surface area contributed by atoms with Gasteiger partial charge < -0.3 is 14.2 Å². The van der Waals surface area contributed by atoms with Crippen LogP contribution in [0.5, 0.6) is 11.5 Å². The number of carbonyl (C=O) groups is 1. The molecule has 0 aliphatic carbocycles. The molecule has 156 valence electrons. The highest BCUT2D eigenvalue weighted by molar-refractivity contribution is 7.08. The van der Waals surface area contributed by atoms with Crippen molar-refractivity contribution in [2.45, 2.75) is 26.7 Å². The topological polar surface area (TPSA) is 98.7 Å². The fraction of sp³-hybridized carbons (Fsp3) is 0.400. The van der Waals surface area contributed by atoms with E-state index in [1.807, 2.05) is 44.2 Å². The van der Waals surface area contributed by atoms with Crippen molar-refractivity contribution < 1.29 is 19.0 Å². The van der Waals surface area contributed by atoms with Crippen LogP contribution in [0.15, 0.2) is 29.3 Å². The molecule has 2 aromatic rings. The van der Waals surface area contributed by atoms with Crippen LogP contribution in [-0.4, -0.2) is 36.7 Å². The average Bonchev–Trinajstić information content (AvgIpc) is 3.07. The normalized spacial score (nSPS) is 11.0. The molecule has 8 nitrogen and oxygen atoms in total. The van der Waals surface area contributed by atoms with Gasteiger partial charge in [0.05, 0.1) is 13.2 Å². The summed E-state index contributed by atoms with van der Waals surface area (Å²) in [6, 6.07) is 7.52. The van der Waals surface area contributed by atoms with Crippen LogP contribution in [0.3, 0.4) is 0 Å². The van der Waals surface area contributed by atoms with Gasteiger partial charge >= 0.3 is 0 Å². The van der Waals surface area contributed by atoms with Crippen molar-refractivity contribution in [3.63, 3.8) is 0 Å². The van der Waals surface area contributed by atoms with Crippen LogP contribution in [0.1, 0.15) is 30.8 Å². The molecule has 1 heterocycles. The zero-order valence-corrected chi connectivity index (χ0v) is 18.2. The number of amides is 1. The molecule has 0 bridgehead atoms. The Morgan fingerprint density at radius 2 is 2.14 bits per heavy atom.